The molecule has 0 spiro atoms. The van der Waals surface area contributed by atoms with E-state index in [1.165, 1.54) is 0 Å². The van der Waals surface area contributed by atoms with Gasteiger partial charge in [0.15, 0.2) is 0 Å². The van der Waals surface area contributed by atoms with E-state index in [2.05, 4.69) is 15.6 Å². The van der Waals surface area contributed by atoms with Gasteiger partial charge in [0.05, 0.1) is 11.2 Å². The monoisotopic (exact) mass is 320 g/mol. The molecule has 0 aliphatic carbocycles. The van der Waals surface area contributed by atoms with E-state index in [4.69, 9.17) is 5.73 Å². The lowest BCUT2D eigenvalue weighted by Crippen LogP contribution is -2.28. The Morgan fingerprint density at radius 2 is 1.79 bits per heavy atom. The number of anilines is 1. The van der Waals surface area contributed by atoms with Crippen LogP contribution in [0, 0.1) is 0 Å². The number of hydrogen-bond acceptors (Lipinski definition) is 3. The van der Waals surface area contributed by atoms with E-state index in [1.54, 1.807) is 30.5 Å². The minimum absolute atomic E-state index is 0.208. The summed E-state index contributed by atoms with van der Waals surface area (Å²) in [6.07, 6.45) is 1.72. The van der Waals surface area contributed by atoms with Gasteiger partial charge < -0.3 is 16.4 Å². The highest BCUT2D eigenvalue weighted by Gasteiger charge is 2.08. The van der Waals surface area contributed by atoms with Gasteiger partial charge in [0.2, 0.25) is 0 Å². The second-order valence-electron chi connectivity index (χ2n) is 5.24. The second-order valence-corrected chi connectivity index (χ2v) is 5.24. The molecule has 6 heteroatoms. The van der Waals surface area contributed by atoms with Crippen LogP contribution in [-0.2, 0) is 6.54 Å². The number of pyridine rings is 1. The van der Waals surface area contributed by atoms with Crippen molar-refractivity contribution in [1.29, 1.82) is 0 Å². The molecule has 0 saturated carbocycles. The number of aromatic nitrogens is 1. The predicted molar refractivity (Wildman–Crippen MR) is 92.6 cm³/mol. The molecule has 3 aromatic rings. The summed E-state index contributed by atoms with van der Waals surface area (Å²) < 4.78 is 0. The fourth-order valence-electron chi connectivity index (χ4n) is 2.37. The summed E-state index contributed by atoms with van der Waals surface area (Å²) in [6, 6.07) is 15.7. The number of fused-ring (bicyclic) bond motifs is 1. The first-order valence-electron chi connectivity index (χ1n) is 7.41. The summed E-state index contributed by atoms with van der Waals surface area (Å²) in [7, 11) is 0. The number of urea groups is 1. The van der Waals surface area contributed by atoms with Crippen molar-refractivity contribution in [3.63, 3.8) is 0 Å². The number of nitrogens with two attached hydrogens (primary N) is 1. The molecule has 0 aliphatic heterocycles. The van der Waals surface area contributed by atoms with Crippen molar-refractivity contribution in [2.24, 2.45) is 5.73 Å². The first-order valence-corrected chi connectivity index (χ1v) is 7.41. The second kappa shape index (κ2) is 6.78. The van der Waals surface area contributed by atoms with Crippen LogP contribution in [0.5, 0.6) is 0 Å². The van der Waals surface area contributed by atoms with Gasteiger partial charge in [0.25, 0.3) is 5.91 Å². The van der Waals surface area contributed by atoms with Crippen LogP contribution in [0.3, 0.4) is 0 Å². The van der Waals surface area contributed by atoms with E-state index in [0.29, 0.717) is 17.8 Å². The topological polar surface area (TPSA) is 97.1 Å². The molecule has 1 heterocycles. The van der Waals surface area contributed by atoms with Crippen LogP contribution in [0.1, 0.15) is 15.9 Å². The molecule has 3 amide bonds. The Bertz CT molecular complexity index is 886. The SMILES string of the molecule is NC(=O)NCc1ccc(C(=O)Nc2cccc3ncccc23)cc1. The average molecular weight is 320 g/mol. The predicted octanol–water partition coefficient (Wildman–Crippen LogP) is 2.66. The summed E-state index contributed by atoms with van der Waals surface area (Å²) in [6.45, 7) is 0.326. The van der Waals surface area contributed by atoms with E-state index < -0.39 is 6.03 Å². The van der Waals surface area contributed by atoms with Gasteiger partial charge in [-0.1, -0.05) is 18.2 Å². The molecule has 0 aliphatic rings. The molecule has 6 nitrogen and oxygen atoms in total. The first-order chi connectivity index (χ1) is 11.6. The van der Waals surface area contributed by atoms with Gasteiger partial charge in [-0.05, 0) is 42.0 Å². The number of benzene rings is 2. The average Bonchev–Trinajstić information content (AvgIpc) is 2.60. The molecule has 0 saturated heterocycles. The van der Waals surface area contributed by atoms with Crippen LogP contribution in [-0.4, -0.2) is 16.9 Å². The summed E-state index contributed by atoms with van der Waals surface area (Å²) in [5, 5.41) is 6.29. The van der Waals surface area contributed by atoms with Crippen molar-refractivity contribution < 1.29 is 9.59 Å². The molecule has 0 atom stereocenters. The third-order valence-electron chi connectivity index (χ3n) is 3.58. The largest absolute Gasteiger partial charge is 0.352 e. The van der Waals surface area contributed by atoms with Gasteiger partial charge in [-0.15, -0.1) is 0 Å². The maximum Gasteiger partial charge on any atom is 0.312 e. The Kier molecular flexibility index (Phi) is 4.38. The van der Waals surface area contributed by atoms with Crippen LogP contribution in [0.25, 0.3) is 10.9 Å². The maximum absolute atomic E-state index is 12.4. The Morgan fingerprint density at radius 1 is 1.00 bits per heavy atom. The van der Waals surface area contributed by atoms with E-state index in [0.717, 1.165) is 16.5 Å². The third kappa shape index (κ3) is 3.49. The van der Waals surface area contributed by atoms with E-state index >= 15 is 0 Å². The number of carbonyl (C=O) groups is 2. The molecule has 3 rings (SSSR count). The number of primary amides is 1. The zero-order chi connectivity index (χ0) is 16.9. The lowest BCUT2D eigenvalue weighted by molar-refractivity contribution is 0.102. The fraction of sp³-hybridized carbons (Fsp3) is 0.0556. The zero-order valence-electron chi connectivity index (χ0n) is 12.8. The highest BCUT2D eigenvalue weighted by molar-refractivity contribution is 6.08. The molecule has 120 valence electrons. The minimum Gasteiger partial charge on any atom is -0.352 e. The summed E-state index contributed by atoms with van der Waals surface area (Å²) in [5.41, 5.74) is 7.95. The molecule has 24 heavy (non-hydrogen) atoms. The Labute approximate surface area is 138 Å². The van der Waals surface area contributed by atoms with Crippen molar-refractivity contribution in [2.45, 2.75) is 6.54 Å². The van der Waals surface area contributed by atoms with Gasteiger partial charge in [-0.2, -0.15) is 0 Å². The van der Waals surface area contributed by atoms with Gasteiger partial charge in [0.1, 0.15) is 0 Å². The molecule has 0 radical (unpaired) electrons. The first kappa shape index (κ1) is 15.5. The lowest BCUT2D eigenvalue weighted by atomic mass is 10.1. The number of nitrogens with one attached hydrogen (secondary N) is 2. The summed E-state index contributed by atoms with van der Waals surface area (Å²) >= 11 is 0. The van der Waals surface area contributed by atoms with Crippen LogP contribution >= 0.6 is 0 Å². The van der Waals surface area contributed by atoms with Gasteiger partial charge >= 0.3 is 6.03 Å². The Morgan fingerprint density at radius 3 is 2.54 bits per heavy atom. The van der Waals surface area contributed by atoms with Crippen LogP contribution < -0.4 is 16.4 Å². The van der Waals surface area contributed by atoms with Gasteiger partial charge in [-0.25, -0.2) is 4.79 Å². The van der Waals surface area contributed by atoms with Crippen molar-refractivity contribution in [3.05, 3.63) is 71.9 Å². The zero-order valence-corrected chi connectivity index (χ0v) is 12.8. The summed E-state index contributed by atoms with van der Waals surface area (Å²) in [4.78, 5) is 27.4. The molecule has 4 N–H and O–H groups in total. The summed E-state index contributed by atoms with van der Waals surface area (Å²) in [5.74, 6) is -0.208. The number of amides is 3. The highest BCUT2D eigenvalue weighted by atomic mass is 16.2. The van der Waals surface area contributed by atoms with E-state index in [9.17, 15) is 9.59 Å². The normalized spacial score (nSPS) is 10.3. The van der Waals surface area contributed by atoms with Crippen LogP contribution in [0.2, 0.25) is 0 Å². The smallest absolute Gasteiger partial charge is 0.312 e. The van der Waals surface area contributed by atoms with Crippen molar-refractivity contribution >= 4 is 28.5 Å². The molecule has 2 aromatic carbocycles. The van der Waals surface area contributed by atoms with Gasteiger partial charge in [-0.3, -0.25) is 9.78 Å². The maximum atomic E-state index is 12.4. The van der Waals surface area contributed by atoms with Crippen LogP contribution in [0.4, 0.5) is 10.5 Å². The molecular formula is C18H16N4O2. The van der Waals surface area contributed by atoms with E-state index in [1.807, 2.05) is 30.3 Å². The van der Waals surface area contributed by atoms with E-state index in [-0.39, 0.29) is 5.91 Å². The van der Waals surface area contributed by atoms with Crippen molar-refractivity contribution in [3.8, 4) is 0 Å². The molecule has 0 unspecified atom stereocenters. The molecular weight excluding hydrogens is 304 g/mol. The van der Waals surface area contributed by atoms with Crippen LogP contribution in [0.15, 0.2) is 60.8 Å². The Hall–Kier alpha value is -3.41. The number of rotatable bonds is 4. The molecule has 1 aromatic heterocycles. The highest BCUT2D eigenvalue weighted by Crippen LogP contribution is 2.22. The number of hydrogen-bond donors (Lipinski definition) is 3. The quantitative estimate of drug-likeness (QED) is 0.689. The molecule has 0 bridgehead atoms. The third-order valence-corrected chi connectivity index (χ3v) is 3.58. The molecule has 0 fully saturated rings. The number of carbonyl (C=O) groups excluding carboxylic acids is 2. The number of nitrogens with zero attached hydrogens (tertiary/aromatic N) is 1. The van der Waals surface area contributed by atoms with Gasteiger partial charge in [0, 0.05) is 23.7 Å². The minimum atomic E-state index is -0.582. The lowest BCUT2D eigenvalue weighted by Gasteiger charge is -2.09. The van der Waals surface area contributed by atoms with Crippen molar-refractivity contribution in [1.82, 2.24) is 10.3 Å². The standard InChI is InChI=1S/C18H16N4O2/c19-18(24)21-11-12-6-8-13(9-7-12)17(23)22-16-5-1-4-15-14(16)3-2-10-20-15/h1-10H,11H2,(H,22,23)(H3,19,21,24). The Balaban J connectivity index is 1.75. The van der Waals surface area contributed by atoms with Crippen molar-refractivity contribution in [2.75, 3.05) is 5.32 Å². The fourth-order valence-corrected chi connectivity index (χ4v) is 2.37.